The van der Waals surface area contributed by atoms with Gasteiger partial charge in [-0.2, -0.15) is 0 Å². The fraction of sp³-hybridized carbons (Fsp3) is 0.167. The molecule has 0 saturated heterocycles. The lowest BCUT2D eigenvalue weighted by molar-refractivity contribution is 1.51. The van der Waals surface area contributed by atoms with Crippen LogP contribution in [0.15, 0.2) is 36.4 Å². The van der Waals surface area contributed by atoms with Gasteiger partial charge in [-0.05, 0) is 37.1 Å². The average Bonchev–Trinajstić information content (AvgIpc) is 2.08. The number of rotatable bonds is 2. The monoisotopic (exact) mass is 226 g/mol. The summed E-state index contributed by atoms with van der Waals surface area (Å²) < 4.78 is 0. The third-order valence-corrected chi connectivity index (χ3v) is 2.58. The minimum Gasteiger partial charge on any atom is -0.0961 e. The van der Waals surface area contributed by atoms with Crippen LogP contribution in [0.2, 0.25) is 10.0 Å². The molecular weight excluding hydrogens is 215 g/mol. The SMILES string of the molecule is C=C(C)C=C(C)c1ccc(Cl)c(Cl)c1. The van der Waals surface area contributed by atoms with E-state index in [1.807, 2.05) is 32.1 Å². The van der Waals surface area contributed by atoms with Crippen LogP contribution in [-0.2, 0) is 0 Å². The zero-order valence-corrected chi connectivity index (χ0v) is 9.78. The van der Waals surface area contributed by atoms with Gasteiger partial charge < -0.3 is 0 Å². The molecule has 0 nitrogen and oxygen atoms in total. The van der Waals surface area contributed by atoms with Crippen molar-refractivity contribution in [3.8, 4) is 0 Å². The Kier molecular flexibility index (Phi) is 3.79. The van der Waals surface area contributed by atoms with Crippen LogP contribution >= 0.6 is 23.2 Å². The molecule has 0 atom stereocenters. The first-order valence-corrected chi connectivity index (χ1v) is 5.05. The largest absolute Gasteiger partial charge is 0.0961 e. The third kappa shape index (κ3) is 2.90. The maximum Gasteiger partial charge on any atom is 0.0598 e. The van der Waals surface area contributed by atoms with Crippen LogP contribution < -0.4 is 0 Å². The maximum atomic E-state index is 5.91. The highest BCUT2D eigenvalue weighted by Crippen LogP contribution is 2.26. The van der Waals surface area contributed by atoms with Gasteiger partial charge in [0.1, 0.15) is 0 Å². The molecule has 0 aromatic heterocycles. The Labute approximate surface area is 94.8 Å². The van der Waals surface area contributed by atoms with Crippen LogP contribution in [0.3, 0.4) is 0 Å². The molecule has 0 fully saturated rings. The van der Waals surface area contributed by atoms with Crippen molar-refractivity contribution in [2.24, 2.45) is 0 Å². The van der Waals surface area contributed by atoms with Gasteiger partial charge in [-0.1, -0.05) is 47.5 Å². The zero-order valence-electron chi connectivity index (χ0n) is 8.27. The van der Waals surface area contributed by atoms with E-state index >= 15 is 0 Å². The average molecular weight is 227 g/mol. The Morgan fingerprint density at radius 2 is 1.86 bits per heavy atom. The quantitative estimate of drug-likeness (QED) is 0.625. The van der Waals surface area contributed by atoms with E-state index in [-0.39, 0.29) is 0 Å². The lowest BCUT2D eigenvalue weighted by atomic mass is 10.1. The fourth-order valence-corrected chi connectivity index (χ4v) is 1.49. The van der Waals surface area contributed by atoms with Crippen LogP contribution in [0.1, 0.15) is 19.4 Å². The van der Waals surface area contributed by atoms with Crippen LogP contribution in [0.25, 0.3) is 5.57 Å². The molecule has 0 N–H and O–H groups in total. The van der Waals surface area contributed by atoms with Crippen molar-refractivity contribution in [1.29, 1.82) is 0 Å². The predicted octanol–water partition coefficient (Wildman–Crippen LogP) is 4.97. The van der Waals surface area contributed by atoms with E-state index < -0.39 is 0 Å². The Morgan fingerprint density at radius 1 is 1.21 bits per heavy atom. The molecule has 0 radical (unpaired) electrons. The minimum atomic E-state index is 0.582. The molecule has 14 heavy (non-hydrogen) atoms. The second-order valence-electron chi connectivity index (χ2n) is 3.30. The highest BCUT2D eigenvalue weighted by molar-refractivity contribution is 6.42. The van der Waals surface area contributed by atoms with E-state index in [1.165, 1.54) is 0 Å². The van der Waals surface area contributed by atoms with E-state index in [1.54, 1.807) is 6.07 Å². The number of hydrogen-bond acceptors (Lipinski definition) is 0. The van der Waals surface area contributed by atoms with Crippen molar-refractivity contribution < 1.29 is 0 Å². The van der Waals surface area contributed by atoms with Gasteiger partial charge in [-0.3, -0.25) is 0 Å². The highest BCUT2D eigenvalue weighted by atomic mass is 35.5. The molecular formula is C12H12Cl2. The molecule has 0 amide bonds. The number of halogens is 2. The van der Waals surface area contributed by atoms with Crippen molar-refractivity contribution in [2.75, 3.05) is 0 Å². The van der Waals surface area contributed by atoms with Crippen LogP contribution in [0.5, 0.6) is 0 Å². The third-order valence-electron chi connectivity index (χ3n) is 1.84. The zero-order chi connectivity index (χ0) is 10.7. The van der Waals surface area contributed by atoms with Crippen molar-refractivity contribution in [2.45, 2.75) is 13.8 Å². The number of hydrogen-bond donors (Lipinski definition) is 0. The molecule has 1 aromatic rings. The van der Waals surface area contributed by atoms with Crippen molar-refractivity contribution in [3.05, 3.63) is 52.0 Å². The summed E-state index contributed by atoms with van der Waals surface area (Å²) in [5.74, 6) is 0. The summed E-state index contributed by atoms with van der Waals surface area (Å²) >= 11 is 11.7. The smallest absolute Gasteiger partial charge is 0.0598 e. The Morgan fingerprint density at radius 3 is 2.36 bits per heavy atom. The Balaban J connectivity index is 3.09. The molecule has 0 unspecified atom stereocenters. The van der Waals surface area contributed by atoms with Gasteiger partial charge in [0.2, 0.25) is 0 Å². The minimum absolute atomic E-state index is 0.582. The summed E-state index contributed by atoms with van der Waals surface area (Å²) in [6, 6.07) is 5.61. The normalized spacial score (nSPS) is 11.6. The lowest BCUT2D eigenvalue weighted by Crippen LogP contribution is -1.80. The summed E-state index contributed by atoms with van der Waals surface area (Å²) in [6.45, 7) is 7.81. The second-order valence-corrected chi connectivity index (χ2v) is 4.12. The van der Waals surface area contributed by atoms with Gasteiger partial charge in [0.05, 0.1) is 10.0 Å². The van der Waals surface area contributed by atoms with Crippen LogP contribution in [0.4, 0.5) is 0 Å². The Hall–Kier alpha value is -0.720. The first-order valence-electron chi connectivity index (χ1n) is 4.30. The topological polar surface area (TPSA) is 0 Å². The molecule has 1 aromatic carbocycles. The van der Waals surface area contributed by atoms with Crippen molar-refractivity contribution in [1.82, 2.24) is 0 Å². The van der Waals surface area contributed by atoms with Gasteiger partial charge >= 0.3 is 0 Å². The van der Waals surface area contributed by atoms with Crippen LogP contribution in [-0.4, -0.2) is 0 Å². The number of allylic oxidation sites excluding steroid dienone is 3. The van der Waals surface area contributed by atoms with Gasteiger partial charge in [-0.25, -0.2) is 0 Å². The second kappa shape index (κ2) is 4.68. The first-order chi connectivity index (χ1) is 6.50. The molecule has 74 valence electrons. The first kappa shape index (κ1) is 11.4. The molecule has 1 rings (SSSR count). The molecule has 0 saturated carbocycles. The predicted molar refractivity (Wildman–Crippen MR) is 64.9 cm³/mol. The molecule has 0 aliphatic rings. The summed E-state index contributed by atoms with van der Waals surface area (Å²) in [7, 11) is 0. The summed E-state index contributed by atoms with van der Waals surface area (Å²) in [5, 5.41) is 1.16. The highest BCUT2D eigenvalue weighted by Gasteiger charge is 2.00. The van der Waals surface area contributed by atoms with Gasteiger partial charge in [0, 0.05) is 0 Å². The Bertz CT molecular complexity index is 389. The molecule has 0 aliphatic heterocycles. The molecule has 0 spiro atoms. The van der Waals surface area contributed by atoms with Crippen LogP contribution in [0, 0.1) is 0 Å². The standard InChI is InChI=1S/C12H12Cl2/c1-8(2)6-9(3)10-4-5-11(13)12(14)7-10/h4-7H,1H2,2-3H3. The van der Waals surface area contributed by atoms with Gasteiger partial charge in [-0.15, -0.1) is 0 Å². The van der Waals surface area contributed by atoms with E-state index in [0.29, 0.717) is 10.0 Å². The molecule has 2 heteroatoms. The molecule has 0 heterocycles. The van der Waals surface area contributed by atoms with Gasteiger partial charge in [0.25, 0.3) is 0 Å². The number of benzene rings is 1. The maximum absolute atomic E-state index is 5.91. The van der Waals surface area contributed by atoms with Crippen molar-refractivity contribution in [3.63, 3.8) is 0 Å². The van der Waals surface area contributed by atoms with E-state index in [9.17, 15) is 0 Å². The summed E-state index contributed by atoms with van der Waals surface area (Å²) in [5.41, 5.74) is 3.23. The molecule has 0 bridgehead atoms. The van der Waals surface area contributed by atoms with E-state index in [2.05, 4.69) is 6.58 Å². The summed E-state index contributed by atoms with van der Waals surface area (Å²) in [6.07, 6.45) is 2.01. The van der Waals surface area contributed by atoms with Gasteiger partial charge in [0.15, 0.2) is 0 Å². The fourth-order valence-electron chi connectivity index (χ4n) is 1.19. The van der Waals surface area contributed by atoms with E-state index in [4.69, 9.17) is 23.2 Å². The van der Waals surface area contributed by atoms with E-state index in [0.717, 1.165) is 16.7 Å². The molecule has 0 aliphatic carbocycles. The lowest BCUT2D eigenvalue weighted by Gasteiger charge is -2.03. The van der Waals surface area contributed by atoms with Crippen molar-refractivity contribution >= 4 is 28.8 Å². The summed E-state index contributed by atoms with van der Waals surface area (Å²) in [4.78, 5) is 0.